The summed E-state index contributed by atoms with van der Waals surface area (Å²) in [4.78, 5) is 0. The van der Waals surface area contributed by atoms with Gasteiger partial charge >= 0.3 is 0 Å². The Hall–Kier alpha value is 0. The van der Waals surface area contributed by atoms with E-state index in [4.69, 9.17) is 0 Å². The minimum absolute atomic E-state index is 0.994. The minimum atomic E-state index is 0.994. The Balaban J connectivity index is 2.13. The molecule has 1 saturated carbocycles. The van der Waals surface area contributed by atoms with Gasteiger partial charge in [0, 0.05) is 0 Å². The lowest BCUT2D eigenvalue weighted by Gasteiger charge is -2.30. The smallest absolute Gasteiger partial charge is 0.0388 e. The molecule has 1 rings (SSSR count). The summed E-state index contributed by atoms with van der Waals surface area (Å²) in [5, 5.41) is 0. The second kappa shape index (κ2) is 6.48. The lowest BCUT2D eigenvalue weighted by atomic mass is 9.75. The highest BCUT2D eigenvalue weighted by Crippen LogP contribution is 2.34. The molecule has 0 heteroatoms. The van der Waals surface area contributed by atoms with Crippen molar-refractivity contribution in [2.75, 3.05) is 0 Å². The molecule has 1 atom stereocenters. The largest absolute Gasteiger partial charge is 0.0654 e. The van der Waals surface area contributed by atoms with Crippen molar-refractivity contribution in [3.63, 3.8) is 0 Å². The standard InChI is InChI=1S/C14H28/c1-4-5-6-7-13(3)14-10-8-12(2)9-11-14/h12-14H,4-11H2,1-3H3/t12?,13-,14?/m0/s1. The summed E-state index contributed by atoms with van der Waals surface area (Å²) < 4.78 is 0. The SMILES string of the molecule is CCCCC[C@H](C)C1CCC(C)CC1. The summed E-state index contributed by atoms with van der Waals surface area (Å²) in [6, 6.07) is 0. The van der Waals surface area contributed by atoms with Crippen molar-refractivity contribution < 1.29 is 0 Å². The number of rotatable bonds is 5. The number of unbranched alkanes of at least 4 members (excludes halogenated alkanes) is 2. The van der Waals surface area contributed by atoms with Gasteiger partial charge in [0.25, 0.3) is 0 Å². The molecule has 0 unspecified atom stereocenters. The summed E-state index contributed by atoms with van der Waals surface area (Å²) in [7, 11) is 0. The Morgan fingerprint density at radius 1 is 1.07 bits per heavy atom. The van der Waals surface area contributed by atoms with Crippen LogP contribution in [0.25, 0.3) is 0 Å². The van der Waals surface area contributed by atoms with Crippen LogP contribution in [0.2, 0.25) is 0 Å². The minimum Gasteiger partial charge on any atom is -0.0654 e. The first kappa shape index (κ1) is 12.1. The van der Waals surface area contributed by atoms with E-state index in [1.54, 1.807) is 0 Å². The van der Waals surface area contributed by atoms with Crippen LogP contribution >= 0.6 is 0 Å². The predicted octanol–water partition coefficient (Wildman–Crippen LogP) is 5.03. The molecule has 0 aliphatic heterocycles. The van der Waals surface area contributed by atoms with Gasteiger partial charge in [0.2, 0.25) is 0 Å². The van der Waals surface area contributed by atoms with Crippen LogP contribution in [-0.4, -0.2) is 0 Å². The van der Waals surface area contributed by atoms with E-state index < -0.39 is 0 Å². The molecule has 0 amide bonds. The molecule has 0 bridgehead atoms. The highest BCUT2D eigenvalue weighted by Gasteiger charge is 2.22. The maximum absolute atomic E-state index is 2.48. The fourth-order valence-corrected chi connectivity index (χ4v) is 2.81. The van der Waals surface area contributed by atoms with Crippen LogP contribution in [0.3, 0.4) is 0 Å². The zero-order chi connectivity index (χ0) is 10.4. The molecule has 0 saturated heterocycles. The van der Waals surface area contributed by atoms with Crippen molar-refractivity contribution >= 4 is 0 Å². The average Bonchev–Trinajstić information content (AvgIpc) is 2.19. The Bertz CT molecular complexity index is 131. The van der Waals surface area contributed by atoms with Crippen molar-refractivity contribution in [3.8, 4) is 0 Å². The van der Waals surface area contributed by atoms with Crippen LogP contribution in [0.15, 0.2) is 0 Å². The molecule has 1 aliphatic carbocycles. The molecule has 0 aromatic carbocycles. The van der Waals surface area contributed by atoms with E-state index in [9.17, 15) is 0 Å². The highest BCUT2D eigenvalue weighted by molar-refractivity contribution is 4.74. The lowest BCUT2D eigenvalue weighted by Crippen LogP contribution is -2.18. The molecular weight excluding hydrogens is 168 g/mol. The predicted molar refractivity (Wildman–Crippen MR) is 64.4 cm³/mol. The normalized spacial score (nSPS) is 30.2. The van der Waals surface area contributed by atoms with Crippen molar-refractivity contribution in [1.82, 2.24) is 0 Å². The Labute approximate surface area is 90.5 Å². The zero-order valence-corrected chi connectivity index (χ0v) is 10.4. The molecule has 0 nitrogen and oxygen atoms in total. The van der Waals surface area contributed by atoms with Gasteiger partial charge in [-0.25, -0.2) is 0 Å². The second-order valence-electron chi connectivity index (χ2n) is 5.49. The van der Waals surface area contributed by atoms with Gasteiger partial charge in [-0.05, 0) is 30.6 Å². The summed E-state index contributed by atoms with van der Waals surface area (Å²) in [6.07, 6.45) is 11.7. The third kappa shape index (κ3) is 4.02. The van der Waals surface area contributed by atoms with Crippen LogP contribution in [-0.2, 0) is 0 Å². The van der Waals surface area contributed by atoms with Crippen LogP contribution in [0.4, 0.5) is 0 Å². The van der Waals surface area contributed by atoms with Crippen molar-refractivity contribution in [2.45, 2.75) is 72.1 Å². The Morgan fingerprint density at radius 3 is 2.29 bits per heavy atom. The number of hydrogen-bond donors (Lipinski definition) is 0. The first-order chi connectivity index (χ1) is 6.74. The van der Waals surface area contributed by atoms with Crippen LogP contribution in [0.5, 0.6) is 0 Å². The van der Waals surface area contributed by atoms with E-state index >= 15 is 0 Å². The van der Waals surface area contributed by atoms with Gasteiger partial charge in [0.15, 0.2) is 0 Å². The fraction of sp³-hybridized carbons (Fsp3) is 1.00. The van der Waals surface area contributed by atoms with Crippen molar-refractivity contribution in [1.29, 1.82) is 0 Å². The fourth-order valence-electron chi connectivity index (χ4n) is 2.81. The lowest BCUT2D eigenvalue weighted by molar-refractivity contribution is 0.212. The quantitative estimate of drug-likeness (QED) is 0.541. The molecule has 0 aromatic heterocycles. The second-order valence-corrected chi connectivity index (χ2v) is 5.49. The van der Waals surface area contributed by atoms with Crippen LogP contribution in [0, 0.1) is 17.8 Å². The summed E-state index contributed by atoms with van der Waals surface area (Å²) in [5.41, 5.74) is 0. The Morgan fingerprint density at radius 2 is 1.71 bits per heavy atom. The van der Waals surface area contributed by atoms with E-state index in [0.29, 0.717) is 0 Å². The van der Waals surface area contributed by atoms with Gasteiger partial charge in [-0.1, -0.05) is 59.3 Å². The molecule has 1 fully saturated rings. The molecule has 1 aliphatic rings. The van der Waals surface area contributed by atoms with E-state index in [1.807, 2.05) is 0 Å². The summed E-state index contributed by atoms with van der Waals surface area (Å²) in [6.45, 7) is 7.20. The van der Waals surface area contributed by atoms with E-state index in [0.717, 1.165) is 17.8 Å². The molecule has 84 valence electrons. The Kier molecular flexibility index (Phi) is 5.59. The van der Waals surface area contributed by atoms with Crippen LogP contribution in [0.1, 0.15) is 72.1 Å². The third-order valence-electron chi connectivity index (χ3n) is 4.13. The van der Waals surface area contributed by atoms with E-state index in [1.165, 1.54) is 51.4 Å². The maximum atomic E-state index is 2.48. The molecule has 0 radical (unpaired) electrons. The highest BCUT2D eigenvalue weighted by atomic mass is 14.3. The van der Waals surface area contributed by atoms with Gasteiger partial charge < -0.3 is 0 Å². The maximum Gasteiger partial charge on any atom is -0.0388 e. The average molecular weight is 196 g/mol. The van der Waals surface area contributed by atoms with Gasteiger partial charge in [0.05, 0.1) is 0 Å². The van der Waals surface area contributed by atoms with Gasteiger partial charge in [-0.2, -0.15) is 0 Å². The van der Waals surface area contributed by atoms with Crippen LogP contribution < -0.4 is 0 Å². The first-order valence-electron chi connectivity index (χ1n) is 6.74. The monoisotopic (exact) mass is 196 g/mol. The molecule has 0 spiro atoms. The van der Waals surface area contributed by atoms with Gasteiger partial charge in [-0.3, -0.25) is 0 Å². The van der Waals surface area contributed by atoms with E-state index in [2.05, 4.69) is 20.8 Å². The molecule has 0 heterocycles. The van der Waals surface area contributed by atoms with E-state index in [-0.39, 0.29) is 0 Å². The summed E-state index contributed by atoms with van der Waals surface area (Å²) >= 11 is 0. The third-order valence-corrected chi connectivity index (χ3v) is 4.13. The molecular formula is C14H28. The van der Waals surface area contributed by atoms with Crippen molar-refractivity contribution in [2.24, 2.45) is 17.8 Å². The summed E-state index contributed by atoms with van der Waals surface area (Å²) in [5.74, 6) is 3.06. The number of hydrogen-bond acceptors (Lipinski definition) is 0. The molecule has 0 aromatic rings. The molecule has 14 heavy (non-hydrogen) atoms. The topological polar surface area (TPSA) is 0 Å². The molecule has 0 N–H and O–H groups in total. The van der Waals surface area contributed by atoms with Gasteiger partial charge in [0.1, 0.15) is 0 Å². The van der Waals surface area contributed by atoms with Crippen molar-refractivity contribution in [3.05, 3.63) is 0 Å². The zero-order valence-electron chi connectivity index (χ0n) is 10.4. The first-order valence-corrected chi connectivity index (χ1v) is 6.74. The van der Waals surface area contributed by atoms with Gasteiger partial charge in [-0.15, -0.1) is 0 Å².